The number of rotatable bonds is 8. The maximum atomic E-state index is 13.4. The Morgan fingerprint density at radius 3 is 2.58 bits per heavy atom. The number of carbonyl (C=O) groups is 3. The van der Waals surface area contributed by atoms with Crippen molar-refractivity contribution >= 4 is 45.6 Å². The highest BCUT2D eigenvalue weighted by Crippen LogP contribution is 2.36. The van der Waals surface area contributed by atoms with Gasteiger partial charge in [0.25, 0.3) is 5.91 Å². The Labute approximate surface area is 206 Å². The number of hydrogen-bond acceptors (Lipinski definition) is 9. The summed E-state index contributed by atoms with van der Waals surface area (Å²) in [6.45, 7) is 1.51. The first-order chi connectivity index (χ1) is 16.9. The lowest BCUT2D eigenvalue weighted by molar-refractivity contribution is -0.118. The highest BCUT2D eigenvalue weighted by molar-refractivity contribution is 7.18. The first-order valence-electron chi connectivity index (χ1n) is 10.8. The van der Waals surface area contributed by atoms with Crippen LogP contribution in [0.3, 0.4) is 0 Å². The number of halogens is 3. The number of amides is 2. The Morgan fingerprint density at radius 2 is 1.97 bits per heavy atom. The van der Waals surface area contributed by atoms with Crippen LogP contribution in [-0.2, 0) is 4.79 Å². The van der Waals surface area contributed by atoms with Crippen LogP contribution in [0.5, 0.6) is 0 Å². The van der Waals surface area contributed by atoms with E-state index < -0.39 is 47.8 Å². The molecule has 2 unspecified atom stereocenters. The van der Waals surface area contributed by atoms with E-state index in [1.807, 2.05) is 0 Å². The minimum absolute atomic E-state index is 0.0627. The molecule has 4 rings (SSSR count). The predicted octanol–water partition coefficient (Wildman–Crippen LogP) is 3.01. The highest BCUT2D eigenvalue weighted by Gasteiger charge is 2.40. The van der Waals surface area contributed by atoms with E-state index in [1.54, 1.807) is 0 Å². The van der Waals surface area contributed by atoms with Gasteiger partial charge >= 0.3 is 0 Å². The van der Waals surface area contributed by atoms with Crippen LogP contribution >= 0.6 is 11.3 Å². The average molecular weight is 523 g/mol. The van der Waals surface area contributed by atoms with Gasteiger partial charge in [0.1, 0.15) is 22.6 Å². The van der Waals surface area contributed by atoms with Crippen LogP contribution in [0.4, 0.5) is 29.8 Å². The molecule has 1 saturated carbocycles. The van der Waals surface area contributed by atoms with Crippen molar-refractivity contribution in [2.24, 2.45) is 5.73 Å². The molecule has 0 radical (unpaired) electrons. The van der Waals surface area contributed by atoms with E-state index in [4.69, 9.17) is 16.0 Å². The third kappa shape index (κ3) is 5.17. The number of hydrogen-bond donors (Lipinski definition) is 3. The number of ketones is 1. The van der Waals surface area contributed by atoms with E-state index in [9.17, 15) is 27.6 Å². The molecule has 1 fully saturated rings. The lowest BCUT2D eigenvalue weighted by atomic mass is 10.2. The summed E-state index contributed by atoms with van der Waals surface area (Å²) >= 11 is 0.826. The molecule has 5 N–H and O–H groups in total. The maximum absolute atomic E-state index is 13.4. The van der Waals surface area contributed by atoms with Crippen molar-refractivity contribution in [3.63, 3.8) is 0 Å². The Bertz CT molecular complexity index is 1310. The van der Waals surface area contributed by atoms with Crippen molar-refractivity contribution in [1.29, 1.82) is 0 Å². The minimum atomic E-state index is -2.84. The van der Waals surface area contributed by atoms with Gasteiger partial charge in [0, 0.05) is 30.6 Å². The Balaban J connectivity index is 1.56. The van der Waals surface area contributed by atoms with E-state index in [0.29, 0.717) is 5.69 Å². The fourth-order valence-corrected chi connectivity index (χ4v) is 4.78. The average Bonchev–Trinajstić information content (AvgIpc) is 3.53. The molecule has 1 aliphatic carbocycles. The summed E-state index contributed by atoms with van der Waals surface area (Å²) in [5, 5.41) is 6.15. The van der Waals surface area contributed by atoms with Gasteiger partial charge in [-0.1, -0.05) is 16.5 Å². The van der Waals surface area contributed by atoms with Crippen LogP contribution in [0.15, 0.2) is 34.9 Å². The molecule has 2 aromatic heterocycles. The van der Waals surface area contributed by atoms with Crippen LogP contribution in [0, 0.1) is 5.82 Å². The fraction of sp³-hybridized carbons (Fsp3) is 0.318. The van der Waals surface area contributed by atoms with E-state index >= 15 is 0 Å². The number of nitrogen functional groups attached to an aromatic ring is 1. The monoisotopic (exact) mass is 522 g/mol. The Morgan fingerprint density at radius 1 is 1.28 bits per heavy atom. The second-order valence-electron chi connectivity index (χ2n) is 8.31. The molecule has 2 amide bonds. The fourth-order valence-electron chi connectivity index (χ4n) is 3.75. The van der Waals surface area contributed by atoms with Crippen LogP contribution < -0.4 is 21.7 Å². The lowest BCUT2D eigenvalue weighted by Crippen LogP contribution is -2.39. The van der Waals surface area contributed by atoms with Crippen molar-refractivity contribution in [3.8, 4) is 0 Å². The zero-order chi connectivity index (χ0) is 26.2. The van der Waals surface area contributed by atoms with Gasteiger partial charge in [-0.3, -0.25) is 14.4 Å². The summed E-state index contributed by atoms with van der Waals surface area (Å²) in [6, 6.07) is 4.64. The third-order valence-corrected chi connectivity index (χ3v) is 6.73. The molecule has 1 aromatic carbocycles. The number of carbonyl (C=O) groups excluding carboxylic acids is 3. The molecule has 3 aromatic rings. The van der Waals surface area contributed by atoms with Gasteiger partial charge in [0.15, 0.2) is 10.8 Å². The first kappa shape index (κ1) is 25.2. The molecule has 10 nitrogen and oxygen atoms in total. The molecular weight excluding hydrogens is 501 g/mol. The summed E-state index contributed by atoms with van der Waals surface area (Å²) in [6.07, 6.45) is -0.676. The van der Waals surface area contributed by atoms with Crippen molar-refractivity contribution in [3.05, 3.63) is 52.5 Å². The number of benzene rings is 1. The lowest BCUT2D eigenvalue weighted by Gasteiger charge is -2.26. The molecule has 0 spiro atoms. The summed E-state index contributed by atoms with van der Waals surface area (Å²) in [5.74, 6) is -6.02. The summed E-state index contributed by atoms with van der Waals surface area (Å²) in [7, 11) is 0. The number of primary amides is 1. The third-order valence-electron chi connectivity index (χ3n) is 5.66. The molecule has 2 heterocycles. The molecule has 1 aliphatic rings. The predicted molar refractivity (Wildman–Crippen MR) is 124 cm³/mol. The van der Waals surface area contributed by atoms with Crippen LogP contribution in [-0.4, -0.2) is 45.7 Å². The number of nitrogens with zero attached hydrogens (tertiary/aromatic N) is 3. The SMILES string of the molecule is CC(C(N)=O)N(c1ccc(F)cc1)c1nc(N)c(C(=O)c2cc(C(=O)NC3CCC(F)(F)C3)no2)s1. The summed E-state index contributed by atoms with van der Waals surface area (Å²) in [5.41, 5.74) is 11.5. The van der Waals surface area contributed by atoms with E-state index in [-0.39, 0.29) is 40.1 Å². The Hall–Kier alpha value is -3.94. The molecule has 0 aliphatic heterocycles. The van der Waals surface area contributed by atoms with Gasteiger partial charge in [-0.25, -0.2) is 18.2 Å². The minimum Gasteiger partial charge on any atom is -0.382 e. The summed E-state index contributed by atoms with van der Waals surface area (Å²) in [4.78, 5) is 42.8. The largest absolute Gasteiger partial charge is 0.382 e. The molecule has 2 atom stereocenters. The second-order valence-corrected chi connectivity index (χ2v) is 9.29. The van der Waals surface area contributed by atoms with Crippen LogP contribution in [0.2, 0.25) is 0 Å². The molecule has 0 saturated heterocycles. The normalized spacial score (nSPS) is 17.5. The topological polar surface area (TPSA) is 157 Å². The molecule has 14 heteroatoms. The van der Waals surface area contributed by atoms with Crippen molar-refractivity contribution in [1.82, 2.24) is 15.5 Å². The number of nitrogens with one attached hydrogen (secondary N) is 1. The Kier molecular flexibility index (Phi) is 6.71. The maximum Gasteiger partial charge on any atom is 0.273 e. The standard InChI is InChI=1S/C22H21F3N6O4S/c1-10(19(27)33)31(13-4-2-11(23)3-5-13)21-29-18(26)17(36-21)16(32)15-8-14(30-35-15)20(34)28-12-6-7-22(24,25)9-12/h2-5,8,10,12H,6-7,9,26H2,1H3,(H2,27,33)(H,28,34). The number of nitrogens with two attached hydrogens (primary N) is 2. The quantitative estimate of drug-likeness (QED) is 0.381. The van der Waals surface area contributed by atoms with Crippen molar-refractivity contribution in [2.45, 2.75) is 44.2 Å². The number of anilines is 3. The van der Waals surface area contributed by atoms with Crippen LogP contribution in [0.1, 0.15) is 52.1 Å². The second kappa shape index (κ2) is 9.60. The highest BCUT2D eigenvalue weighted by atomic mass is 32.1. The first-order valence-corrected chi connectivity index (χ1v) is 11.6. The molecule has 0 bridgehead atoms. The van der Waals surface area contributed by atoms with Gasteiger partial charge in [0.2, 0.25) is 23.4 Å². The number of thiazole rings is 1. The van der Waals surface area contributed by atoms with E-state index in [2.05, 4.69) is 15.5 Å². The van der Waals surface area contributed by atoms with Crippen molar-refractivity contribution < 1.29 is 32.1 Å². The van der Waals surface area contributed by atoms with Gasteiger partial charge in [0.05, 0.1) is 0 Å². The van der Waals surface area contributed by atoms with Gasteiger partial charge in [-0.05, 0) is 37.6 Å². The van der Waals surface area contributed by atoms with Gasteiger partial charge in [-0.15, -0.1) is 0 Å². The number of alkyl halides is 2. The molecule has 36 heavy (non-hydrogen) atoms. The van der Waals surface area contributed by atoms with Crippen molar-refractivity contribution in [2.75, 3.05) is 10.6 Å². The van der Waals surface area contributed by atoms with Crippen LogP contribution in [0.25, 0.3) is 0 Å². The van der Waals surface area contributed by atoms with E-state index in [1.165, 1.54) is 36.1 Å². The van der Waals surface area contributed by atoms with Gasteiger partial charge < -0.3 is 26.2 Å². The smallest absolute Gasteiger partial charge is 0.273 e. The van der Waals surface area contributed by atoms with Gasteiger partial charge in [-0.2, -0.15) is 0 Å². The molecule has 190 valence electrons. The summed E-state index contributed by atoms with van der Waals surface area (Å²) < 4.78 is 45.2. The molecular formula is C22H21F3N6O4S. The zero-order valence-corrected chi connectivity index (χ0v) is 19.7. The number of aromatic nitrogens is 2. The van der Waals surface area contributed by atoms with E-state index in [0.717, 1.165) is 17.4 Å². The zero-order valence-electron chi connectivity index (χ0n) is 18.8.